The van der Waals surface area contributed by atoms with Crippen molar-refractivity contribution in [3.8, 4) is 5.75 Å². The predicted octanol–water partition coefficient (Wildman–Crippen LogP) is 2.61. The number of carbonyl (C=O) groups excluding carboxylic acids is 1. The van der Waals surface area contributed by atoms with Crippen molar-refractivity contribution in [2.75, 3.05) is 6.61 Å². The summed E-state index contributed by atoms with van der Waals surface area (Å²) in [6.07, 6.45) is 2.77. The van der Waals surface area contributed by atoms with Crippen molar-refractivity contribution in [2.24, 2.45) is 5.73 Å². The molecule has 0 saturated carbocycles. The van der Waals surface area contributed by atoms with Crippen LogP contribution < -0.4 is 15.8 Å². The Morgan fingerprint density at radius 3 is 2.35 bits per heavy atom. The van der Waals surface area contributed by atoms with Gasteiger partial charge in [0.2, 0.25) is 0 Å². The molecule has 0 aromatic heterocycles. The van der Waals surface area contributed by atoms with E-state index in [2.05, 4.69) is 26.1 Å². The van der Waals surface area contributed by atoms with Crippen LogP contribution in [0.15, 0.2) is 24.3 Å². The molecule has 0 spiro atoms. The Bertz CT molecular complexity index is 420. The van der Waals surface area contributed by atoms with Gasteiger partial charge in [-0.2, -0.15) is 0 Å². The van der Waals surface area contributed by atoms with Crippen molar-refractivity contribution in [1.82, 2.24) is 5.32 Å². The number of nitrogens with one attached hydrogen (secondary N) is 1. The molecular weight excluding hydrogens is 252 g/mol. The van der Waals surface area contributed by atoms with Gasteiger partial charge in [-0.15, -0.1) is 0 Å². The third-order valence-corrected chi connectivity index (χ3v) is 3.99. The lowest BCUT2D eigenvalue weighted by molar-refractivity contribution is -0.125. The first-order chi connectivity index (χ1) is 9.60. The number of nitrogens with two attached hydrogens (primary N) is 1. The van der Waals surface area contributed by atoms with E-state index in [1.807, 2.05) is 24.3 Å². The van der Waals surface area contributed by atoms with Gasteiger partial charge in [0.25, 0.3) is 5.91 Å². The van der Waals surface area contributed by atoms with Crippen molar-refractivity contribution >= 4 is 5.91 Å². The minimum absolute atomic E-state index is 0.0266. The molecule has 1 aromatic rings. The van der Waals surface area contributed by atoms with Crippen LogP contribution in [0.2, 0.25) is 0 Å². The average Bonchev–Trinajstić information content (AvgIpc) is 2.51. The van der Waals surface area contributed by atoms with E-state index in [0.29, 0.717) is 12.3 Å². The number of benzene rings is 1. The van der Waals surface area contributed by atoms with E-state index in [9.17, 15) is 4.79 Å². The number of amides is 1. The van der Waals surface area contributed by atoms with Crippen molar-refractivity contribution in [1.29, 1.82) is 0 Å². The van der Waals surface area contributed by atoms with E-state index in [4.69, 9.17) is 10.5 Å². The summed E-state index contributed by atoms with van der Waals surface area (Å²) in [5, 5.41) is 3.09. The largest absolute Gasteiger partial charge is 0.483 e. The average molecular weight is 278 g/mol. The lowest BCUT2D eigenvalue weighted by Crippen LogP contribution is -2.48. The quantitative estimate of drug-likeness (QED) is 0.768. The summed E-state index contributed by atoms with van der Waals surface area (Å²) in [5.74, 6) is 0.600. The summed E-state index contributed by atoms with van der Waals surface area (Å²) >= 11 is 0. The van der Waals surface area contributed by atoms with E-state index in [1.165, 1.54) is 0 Å². The Balaban J connectivity index is 2.59. The second kappa shape index (κ2) is 7.90. The Morgan fingerprint density at radius 2 is 1.80 bits per heavy atom. The standard InChI is InChI=1S/C16H26N2O2/c1-4-16(5-2,6-3)18-15(19)12-20-14-10-8-7-9-13(14)11-17/h7-10H,4-6,11-12,17H2,1-3H3,(H,18,19). The second-order valence-electron chi connectivity index (χ2n) is 4.99. The Hall–Kier alpha value is -1.55. The molecule has 0 radical (unpaired) electrons. The topological polar surface area (TPSA) is 64.3 Å². The Morgan fingerprint density at radius 1 is 1.20 bits per heavy atom. The second-order valence-corrected chi connectivity index (χ2v) is 4.99. The van der Waals surface area contributed by atoms with E-state index >= 15 is 0 Å². The normalized spacial score (nSPS) is 11.2. The van der Waals surface area contributed by atoms with Gasteiger partial charge in [0, 0.05) is 17.6 Å². The molecule has 0 aliphatic heterocycles. The summed E-state index contributed by atoms with van der Waals surface area (Å²) in [7, 11) is 0. The smallest absolute Gasteiger partial charge is 0.258 e. The predicted molar refractivity (Wildman–Crippen MR) is 81.6 cm³/mol. The molecule has 0 bridgehead atoms. The van der Waals surface area contributed by atoms with Crippen molar-refractivity contribution in [3.05, 3.63) is 29.8 Å². The van der Waals surface area contributed by atoms with Crippen LogP contribution in [-0.2, 0) is 11.3 Å². The monoisotopic (exact) mass is 278 g/mol. The number of para-hydroxylation sites is 1. The highest BCUT2D eigenvalue weighted by Crippen LogP contribution is 2.20. The Labute approximate surface area is 121 Å². The van der Waals surface area contributed by atoms with Crippen LogP contribution in [0, 0.1) is 0 Å². The molecule has 1 amide bonds. The van der Waals surface area contributed by atoms with E-state index in [1.54, 1.807) is 0 Å². The van der Waals surface area contributed by atoms with Crippen LogP contribution in [0.1, 0.15) is 45.6 Å². The van der Waals surface area contributed by atoms with Gasteiger partial charge >= 0.3 is 0 Å². The zero-order valence-electron chi connectivity index (χ0n) is 12.7. The molecule has 112 valence electrons. The summed E-state index contributed by atoms with van der Waals surface area (Å²) in [6.45, 7) is 6.72. The first kappa shape index (κ1) is 16.5. The lowest BCUT2D eigenvalue weighted by atomic mass is 9.90. The van der Waals surface area contributed by atoms with Crippen LogP contribution in [0.4, 0.5) is 0 Å². The molecule has 4 heteroatoms. The van der Waals surface area contributed by atoms with E-state index < -0.39 is 0 Å². The van der Waals surface area contributed by atoms with Crippen molar-refractivity contribution in [2.45, 2.75) is 52.1 Å². The number of ether oxygens (including phenoxy) is 1. The summed E-state index contributed by atoms with van der Waals surface area (Å²) in [5.41, 5.74) is 6.44. The molecule has 0 aliphatic rings. The molecular formula is C16H26N2O2. The molecule has 0 saturated heterocycles. The number of hydrogen-bond donors (Lipinski definition) is 2. The fraction of sp³-hybridized carbons (Fsp3) is 0.562. The van der Waals surface area contributed by atoms with Gasteiger partial charge in [-0.05, 0) is 25.3 Å². The molecule has 1 rings (SSSR count). The fourth-order valence-corrected chi connectivity index (χ4v) is 2.30. The first-order valence-electron chi connectivity index (χ1n) is 7.32. The van der Waals surface area contributed by atoms with Gasteiger partial charge in [0.15, 0.2) is 6.61 Å². The lowest BCUT2D eigenvalue weighted by Gasteiger charge is -2.31. The maximum atomic E-state index is 12.0. The number of hydrogen-bond acceptors (Lipinski definition) is 3. The molecule has 0 atom stereocenters. The van der Waals surface area contributed by atoms with Crippen LogP contribution >= 0.6 is 0 Å². The molecule has 1 aromatic carbocycles. The summed E-state index contributed by atoms with van der Waals surface area (Å²) < 4.78 is 5.58. The van der Waals surface area contributed by atoms with Gasteiger partial charge in [-0.25, -0.2) is 0 Å². The Kier molecular flexibility index (Phi) is 6.52. The zero-order chi connectivity index (χ0) is 15.0. The molecule has 0 heterocycles. The molecule has 3 N–H and O–H groups in total. The first-order valence-corrected chi connectivity index (χ1v) is 7.32. The molecule has 20 heavy (non-hydrogen) atoms. The molecule has 0 unspecified atom stereocenters. The van der Waals surface area contributed by atoms with E-state index in [-0.39, 0.29) is 18.1 Å². The van der Waals surface area contributed by atoms with Crippen LogP contribution in [0.3, 0.4) is 0 Å². The SMILES string of the molecule is CCC(CC)(CC)NC(=O)COc1ccccc1CN. The van der Waals surface area contributed by atoms with E-state index in [0.717, 1.165) is 24.8 Å². The van der Waals surface area contributed by atoms with Crippen molar-refractivity contribution < 1.29 is 9.53 Å². The number of carbonyl (C=O) groups is 1. The van der Waals surface area contributed by atoms with Gasteiger partial charge in [0.05, 0.1) is 0 Å². The third kappa shape index (κ3) is 4.23. The summed E-state index contributed by atoms with van der Waals surface area (Å²) in [6, 6.07) is 7.52. The van der Waals surface area contributed by atoms with Gasteiger partial charge in [0.1, 0.15) is 5.75 Å². The highest BCUT2D eigenvalue weighted by molar-refractivity contribution is 5.78. The summed E-state index contributed by atoms with van der Waals surface area (Å²) in [4.78, 5) is 12.0. The van der Waals surface area contributed by atoms with Crippen molar-refractivity contribution in [3.63, 3.8) is 0 Å². The van der Waals surface area contributed by atoms with Gasteiger partial charge in [-0.1, -0.05) is 39.0 Å². The zero-order valence-corrected chi connectivity index (χ0v) is 12.7. The molecule has 4 nitrogen and oxygen atoms in total. The maximum Gasteiger partial charge on any atom is 0.258 e. The minimum Gasteiger partial charge on any atom is -0.483 e. The minimum atomic E-state index is -0.117. The van der Waals surface area contributed by atoms with Crippen LogP contribution in [-0.4, -0.2) is 18.1 Å². The van der Waals surface area contributed by atoms with Gasteiger partial charge < -0.3 is 15.8 Å². The highest BCUT2D eigenvalue weighted by atomic mass is 16.5. The highest BCUT2D eigenvalue weighted by Gasteiger charge is 2.25. The van der Waals surface area contributed by atoms with Crippen LogP contribution in [0.25, 0.3) is 0 Å². The third-order valence-electron chi connectivity index (χ3n) is 3.99. The molecule has 0 fully saturated rings. The number of rotatable bonds is 8. The fourth-order valence-electron chi connectivity index (χ4n) is 2.30. The maximum absolute atomic E-state index is 12.0. The van der Waals surface area contributed by atoms with Crippen LogP contribution in [0.5, 0.6) is 5.75 Å². The van der Waals surface area contributed by atoms with Gasteiger partial charge in [-0.3, -0.25) is 4.79 Å². The molecule has 0 aliphatic carbocycles.